The summed E-state index contributed by atoms with van der Waals surface area (Å²) in [5.74, 6) is 1.33. The molecule has 1 aromatic carbocycles. The largest absolute Gasteiger partial charge is 1.00 e. The molecular formula is C15H21BrN2. The first-order chi connectivity index (χ1) is 8.20. The van der Waals surface area contributed by atoms with Crippen LogP contribution in [-0.4, -0.2) is 4.57 Å². The fourth-order valence-corrected chi connectivity index (χ4v) is 2.08. The van der Waals surface area contributed by atoms with E-state index in [4.69, 9.17) is 0 Å². The van der Waals surface area contributed by atoms with Gasteiger partial charge in [-0.25, -0.2) is 9.13 Å². The normalized spacial score (nSPS) is 10.2. The van der Waals surface area contributed by atoms with E-state index in [2.05, 4.69) is 66.6 Å². The van der Waals surface area contributed by atoms with Crippen molar-refractivity contribution in [3.8, 4) is 0 Å². The van der Waals surface area contributed by atoms with Crippen LogP contribution in [0.15, 0.2) is 36.7 Å². The summed E-state index contributed by atoms with van der Waals surface area (Å²) in [6, 6.07) is 8.76. The molecule has 0 atom stereocenters. The van der Waals surface area contributed by atoms with Crippen LogP contribution >= 0.6 is 0 Å². The first-order valence-electron chi connectivity index (χ1n) is 6.31. The van der Waals surface area contributed by atoms with Crippen molar-refractivity contribution in [3.05, 3.63) is 53.6 Å². The van der Waals surface area contributed by atoms with Gasteiger partial charge in [-0.1, -0.05) is 36.8 Å². The third-order valence-electron chi connectivity index (χ3n) is 3.20. The molecule has 0 aliphatic rings. The second kappa shape index (κ2) is 6.74. The van der Waals surface area contributed by atoms with Gasteiger partial charge in [-0.3, -0.25) is 0 Å². The smallest absolute Gasteiger partial charge is 0.253 e. The zero-order valence-corrected chi connectivity index (χ0v) is 12.9. The monoisotopic (exact) mass is 308 g/mol. The Morgan fingerprint density at radius 1 is 1.11 bits per heavy atom. The minimum absolute atomic E-state index is 0. The van der Waals surface area contributed by atoms with Crippen LogP contribution < -0.4 is 21.5 Å². The van der Waals surface area contributed by atoms with E-state index in [9.17, 15) is 0 Å². The van der Waals surface area contributed by atoms with Crippen LogP contribution in [0.4, 0.5) is 0 Å². The highest BCUT2D eigenvalue weighted by Crippen LogP contribution is 2.04. The molecule has 0 aliphatic heterocycles. The van der Waals surface area contributed by atoms with Crippen LogP contribution in [0.25, 0.3) is 0 Å². The van der Waals surface area contributed by atoms with Gasteiger partial charge in [0.15, 0.2) is 0 Å². The second-order valence-corrected chi connectivity index (χ2v) is 4.65. The molecule has 0 amide bonds. The van der Waals surface area contributed by atoms with Gasteiger partial charge in [-0.05, 0) is 18.9 Å². The molecule has 0 saturated heterocycles. The Kier molecular flexibility index (Phi) is 5.60. The SMILES string of the molecule is CCCn1cc[n+](Cc2ccc(C)cc2)c1C.[Br-]. The van der Waals surface area contributed by atoms with Gasteiger partial charge < -0.3 is 17.0 Å². The van der Waals surface area contributed by atoms with Crippen molar-refractivity contribution in [2.24, 2.45) is 0 Å². The highest BCUT2D eigenvalue weighted by molar-refractivity contribution is 5.20. The number of nitrogens with zero attached hydrogens (tertiary/aromatic N) is 2. The van der Waals surface area contributed by atoms with Crippen LogP contribution in [0.1, 0.15) is 30.3 Å². The van der Waals surface area contributed by atoms with Crippen molar-refractivity contribution in [1.29, 1.82) is 0 Å². The summed E-state index contributed by atoms with van der Waals surface area (Å²) in [5.41, 5.74) is 2.68. The summed E-state index contributed by atoms with van der Waals surface area (Å²) >= 11 is 0. The van der Waals surface area contributed by atoms with Gasteiger partial charge in [0, 0.05) is 6.92 Å². The molecule has 0 unspecified atom stereocenters. The van der Waals surface area contributed by atoms with Crippen LogP contribution in [-0.2, 0) is 13.1 Å². The molecule has 2 aromatic rings. The Labute approximate surface area is 120 Å². The average molecular weight is 309 g/mol. The summed E-state index contributed by atoms with van der Waals surface area (Å²) < 4.78 is 4.62. The Balaban J connectivity index is 0.00000162. The molecule has 0 saturated carbocycles. The Bertz CT molecular complexity index is 486. The van der Waals surface area contributed by atoms with Crippen LogP contribution in [0.3, 0.4) is 0 Å². The lowest BCUT2D eigenvalue weighted by molar-refractivity contribution is -0.694. The number of hydrogen-bond acceptors (Lipinski definition) is 0. The molecule has 0 N–H and O–H groups in total. The molecule has 1 heterocycles. The van der Waals surface area contributed by atoms with Crippen LogP contribution in [0, 0.1) is 13.8 Å². The van der Waals surface area contributed by atoms with Gasteiger partial charge in [0.25, 0.3) is 5.82 Å². The molecule has 18 heavy (non-hydrogen) atoms. The van der Waals surface area contributed by atoms with E-state index in [0.717, 1.165) is 13.1 Å². The second-order valence-electron chi connectivity index (χ2n) is 4.65. The van der Waals surface area contributed by atoms with Crippen LogP contribution in [0.5, 0.6) is 0 Å². The maximum atomic E-state index is 2.31. The molecule has 0 radical (unpaired) electrons. The maximum absolute atomic E-state index is 2.31. The van der Waals surface area contributed by atoms with Crippen molar-refractivity contribution in [1.82, 2.24) is 4.57 Å². The molecule has 1 aromatic heterocycles. The maximum Gasteiger partial charge on any atom is 0.253 e. The molecule has 2 rings (SSSR count). The third-order valence-corrected chi connectivity index (χ3v) is 3.20. The topological polar surface area (TPSA) is 8.81 Å². The van der Waals surface area contributed by atoms with Gasteiger partial charge in [-0.2, -0.15) is 0 Å². The van der Waals surface area contributed by atoms with E-state index in [-0.39, 0.29) is 17.0 Å². The van der Waals surface area contributed by atoms with Crippen LogP contribution in [0.2, 0.25) is 0 Å². The van der Waals surface area contributed by atoms with Crippen molar-refractivity contribution >= 4 is 0 Å². The first kappa shape index (κ1) is 15.0. The van der Waals surface area contributed by atoms with E-state index < -0.39 is 0 Å². The molecule has 2 nitrogen and oxygen atoms in total. The Hall–Kier alpha value is -1.09. The van der Waals surface area contributed by atoms with E-state index in [0.29, 0.717) is 0 Å². The van der Waals surface area contributed by atoms with Gasteiger partial charge in [0.05, 0.1) is 6.54 Å². The molecule has 0 fully saturated rings. The zero-order chi connectivity index (χ0) is 12.3. The number of imidazole rings is 1. The minimum Gasteiger partial charge on any atom is -1.00 e. The summed E-state index contributed by atoms with van der Waals surface area (Å²) in [6.07, 6.45) is 5.53. The third kappa shape index (κ3) is 3.45. The quantitative estimate of drug-likeness (QED) is 0.695. The number of rotatable bonds is 4. The lowest BCUT2D eigenvalue weighted by atomic mass is 10.1. The van der Waals surface area contributed by atoms with Crippen molar-refractivity contribution in [2.45, 2.75) is 40.3 Å². The van der Waals surface area contributed by atoms with Crippen molar-refractivity contribution < 1.29 is 21.5 Å². The highest BCUT2D eigenvalue weighted by Gasteiger charge is 2.11. The zero-order valence-electron chi connectivity index (χ0n) is 11.4. The van der Waals surface area contributed by atoms with E-state index in [1.807, 2.05) is 0 Å². The first-order valence-corrected chi connectivity index (χ1v) is 6.31. The molecule has 98 valence electrons. The van der Waals surface area contributed by atoms with Gasteiger partial charge >= 0.3 is 0 Å². The van der Waals surface area contributed by atoms with Gasteiger partial charge in [0.2, 0.25) is 0 Å². The number of aryl methyl sites for hydroxylation is 2. The fourth-order valence-electron chi connectivity index (χ4n) is 2.08. The minimum atomic E-state index is 0. The Morgan fingerprint density at radius 2 is 1.78 bits per heavy atom. The predicted octanol–water partition coefficient (Wildman–Crippen LogP) is -0.145. The van der Waals surface area contributed by atoms with Crippen molar-refractivity contribution in [2.75, 3.05) is 0 Å². The molecule has 0 spiro atoms. The average Bonchev–Trinajstić information content (AvgIpc) is 2.65. The number of benzene rings is 1. The van der Waals surface area contributed by atoms with E-state index >= 15 is 0 Å². The van der Waals surface area contributed by atoms with Crippen molar-refractivity contribution in [3.63, 3.8) is 0 Å². The number of hydrogen-bond donors (Lipinski definition) is 0. The van der Waals surface area contributed by atoms with E-state index in [1.54, 1.807) is 0 Å². The standard InChI is InChI=1S/C15H21N2.BrH/c1-4-9-16-10-11-17(14(16)3)12-15-7-5-13(2)6-8-15;/h5-8,10-11H,4,9,12H2,1-3H3;1H/q+1;/p-1. The lowest BCUT2D eigenvalue weighted by Gasteiger charge is -2.01. The van der Waals surface area contributed by atoms with Gasteiger partial charge in [0.1, 0.15) is 18.9 Å². The highest BCUT2D eigenvalue weighted by atomic mass is 79.9. The molecular weight excluding hydrogens is 288 g/mol. The van der Waals surface area contributed by atoms with E-state index in [1.165, 1.54) is 23.4 Å². The number of aromatic nitrogens is 2. The predicted molar refractivity (Wildman–Crippen MR) is 69.9 cm³/mol. The summed E-state index contributed by atoms with van der Waals surface area (Å²) in [7, 11) is 0. The van der Waals surface area contributed by atoms with Gasteiger partial charge in [-0.15, -0.1) is 0 Å². The number of halogens is 1. The Morgan fingerprint density at radius 3 is 2.39 bits per heavy atom. The summed E-state index contributed by atoms with van der Waals surface area (Å²) in [5, 5.41) is 0. The molecule has 3 heteroatoms. The lowest BCUT2D eigenvalue weighted by Crippen LogP contribution is -3.00. The summed E-state index contributed by atoms with van der Waals surface area (Å²) in [6.45, 7) is 8.59. The fraction of sp³-hybridized carbons (Fsp3) is 0.400. The molecule has 0 aliphatic carbocycles. The summed E-state index contributed by atoms with van der Waals surface area (Å²) in [4.78, 5) is 0. The molecule has 0 bridgehead atoms.